The van der Waals surface area contributed by atoms with Crippen LogP contribution in [0.5, 0.6) is 0 Å². The highest BCUT2D eigenvalue weighted by Gasteiger charge is 2.27. The Morgan fingerprint density at radius 3 is 2.56 bits per heavy atom. The summed E-state index contributed by atoms with van der Waals surface area (Å²) in [7, 11) is -3.35. The zero-order chi connectivity index (χ0) is 13.8. The average molecular weight is 310 g/mol. The van der Waals surface area contributed by atoms with Crippen LogP contribution in [0.4, 0.5) is 0 Å². The summed E-state index contributed by atoms with van der Waals surface area (Å²) >= 11 is 6.99. The van der Waals surface area contributed by atoms with Crippen LogP contribution in [-0.4, -0.2) is 31.2 Å². The summed E-state index contributed by atoms with van der Waals surface area (Å²) in [6, 6.07) is 3.52. The smallest absolute Gasteiger partial charge is 0.206 e. The Hall–Kier alpha value is -0.100. The van der Waals surface area contributed by atoms with E-state index in [0.717, 1.165) is 17.7 Å². The van der Waals surface area contributed by atoms with Crippen molar-refractivity contribution in [1.82, 2.24) is 4.31 Å². The molecule has 0 saturated heterocycles. The maximum atomic E-state index is 12.5. The van der Waals surface area contributed by atoms with Gasteiger partial charge in [-0.2, -0.15) is 4.31 Å². The fourth-order valence-corrected chi connectivity index (χ4v) is 5.25. The first-order valence-electron chi connectivity index (χ1n) is 6.10. The van der Waals surface area contributed by atoms with Crippen molar-refractivity contribution < 1.29 is 8.42 Å². The molecule has 1 aromatic rings. The molecule has 104 valence electrons. The number of aryl methyl sites for hydroxylation is 1. The molecular weight excluding hydrogens is 290 g/mol. The molecule has 1 heterocycles. The summed E-state index contributed by atoms with van der Waals surface area (Å²) in [6.07, 6.45) is 1.54. The number of hydrogen-bond donors (Lipinski definition) is 0. The maximum Gasteiger partial charge on any atom is 0.252 e. The van der Waals surface area contributed by atoms with Crippen molar-refractivity contribution in [2.45, 2.75) is 43.9 Å². The summed E-state index contributed by atoms with van der Waals surface area (Å²) < 4.78 is 26.9. The van der Waals surface area contributed by atoms with E-state index in [-0.39, 0.29) is 6.04 Å². The summed E-state index contributed by atoms with van der Waals surface area (Å²) in [5.74, 6) is 0.517. The van der Waals surface area contributed by atoms with E-state index in [1.807, 2.05) is 26.8 Å². The Balaban J connectivity index is 3.02. The van der Waals surface area contributed by atoms with Crippen LogP contribution in [0.1, 0.15) is 32.1 Å². The lowest BCUT2D eigenvalue weighted by atomic mass is 10.4. The van der Waals surface area contributed by atoms with E-state index >= 15 is 0 Å². The van der Waals surface area contributed by atoms with Crippen LogP contribution < -0.4 is 0 Å². The van der Waals surface area contributed by atoms with E-state index in [9.17, 15) is 8.42 Å². The van der Waals surface area contributed by atoms with E-state index < -0.39 is 10.0 Å². The third-order valence-electron chi connectivity index (χ3n) is 2.56. The van der Waals surface area contributed by atoms with Gasteiger partial charge in [0.05, 0.1) is 0 Å². The monoisotopic (exact) mass is 309 g/mol. The lowest BCUT2D eigenvalue weighted by Gasteiger charge is -2.24. The zero-order valence-corrected chi connectivity index (χ0v) is 13.4. The van der Waals surface area contributed by atoms with Crippen LogP contribution in [0, 0.1) is 0 Å². The Labute approximate surface area is 119 Å². The third kappa shape index (κ3) is 3.70. The number of thiophene rings is 1. The van der Waals surface area contributed by atoms with E-state index in [2.05, 4.69) is 0 Å². The molecule has 18 heavy (non-hydrogen) atoms. The van der Waals surface area contributed by atoms with Crippen molar-refractivity contribution in [2.75, 3.05) is 12.4 Å². The second kappa shape index (κ2) is 6.89. The van der Waals surface area contributed by atoms with Gasteiger partial charge in [0.15, 0.2) is 0 Å². The van der Waals surface area contributed by atoms with Crippen LogP contribution in [0.3, 0.4) is 0 Å². The molecule has 0 aliphatic carbocycles. The van der Waals surface area contributed by atoms with Crippen molar-refractivity contribution in [1.29, 1.82) is 0 Å². The predicted molar refractivity (Wildman–Crippen MR) is 78.1 cm³/mol. The Kier molecular flexibility index (Phi) is 6.11. The average Bonchev–Trinajstić information content (AvgIpc) is 2.75. The minimum Gasteiger partial charge on any atom is -0.206 e. The highest BCUT2D eigenvalue weighted by Crippen LogP contribution is 2.26. The fraction of sp³-hybridized carbons (Fsp3) is 0.667. The molecule has 0 spiro atoms. The van der Waals surface area contributed by atoms with Gasteiger partial charge in [0.2, 0.25) is 0 Å². The van der Waals surface area contributed by atoms with E-state index in [1.54, 1.807) is 10.4 Å². The van der Waals surface area contributed by atoms with Gasteiger partial charge in [0.25, 0.3) is 10.0 Å². The molecule has 0 saturated carbocycles. The molecule has 1 rings (SSSR count). The SMILES string of the molecule is CCCN(C(C)C)S(=O)(=O)c1ccc(CCCl)s1. The Morgan fingerprint density at radius 1 is 1.39 bits per heavy atom. The molecule has 3 nitrogen and oxygen atoms in total. The van der Waals surface area contributed by atoms with E-state index in [0.29, 0.717) is 16.6 Å². The molecule has 0 fully saturated rings. The molecule has 0 amide bonds. The topological polar surface area (TPSA) is 37.4 Å². The Morgan fingerprint density at radius 2 is 2.06 bits per heavy atom. The number of halogens is 1. The summed E-state index contributed by atoms with van der Waals surface area (Å²) in [4.78, 5) is 1.02. The van der Waals surface area contributed by atoms with Crippen molar-refractivity contribution >= 4 is 33.0 Å². The molecule has 0 radical (unpaired) electrons. The van der Waals surface area contributed by atoms with Gasteiger partial charge in [-0.25, -0.2) is 8.42 Å². The summed E-state index contributed by atoms with van der Waals surface area (Å²) in [6.45, 7) is 6.35. The number of alkyl halides is 1. The van der Waals surface area contributed by atoms with Gasteiger partial charge in [-0.1, -0.05) is 6.92 Å². The molecular formula is C12H20ClNO2S2. The van der Waals surface area contributed by atoms with Gasteiger partial charge in [-0.15, -0.1) is 22.9 Å². The second-order valence-corrected chi connectivity index (χ2v) is 8.03. The number of sulfonamides is 1. The molecule has 0 bridgehead atoms. The highest BCUT2D eigenvalue weighted by atomic mass is 35.5. The molecule has 0 atom stereocenters. The lowest BCUT2D eigenvalue weighted by molar-refractivity contribution is 0.355. The minimum atomic E-state index is -3.35. The highest BCUT2D eigenvalue weighted by molar-refractivity contribution is 7.91. The molecule has 0 aliphatic rings. The number of rotatable bonds is 7. The van der Waals surface area contributed by atoms with Gasteiger partial charge in [-0.3, -0.25) is 0 Å². The molecule has 0 N–H and O–H groups in total. The van der Waals surface area contributed by atoms with Gasteiger partial charge in [0.1, 0.15) is 4.21 Å². The third-order valence-corrected chi connectivity index (χ3v) is 6.44. The number of hydrogen-bond acceptors (Lipinski definition) is 3. The standard InChI is InChI=1S/C12H20ClNO2S2/c1-4-9-14(10(2)3)18(15,16)12-6-5-11(17-12)7-8-13/h5-6,10H,4,7-9H2,1-3H3. The van der Waals surface area contributed by atoms with Gasteiger partial charge < -0.3 is 0 Å². The molecule has 0 aromatic carbocycles. The summed E-state index contributed by atoms with van der Waals surface area (Å²) in [5.41, 5.74) is 0. The molecule has 6 heteroatoms. The number of nitrogens with zero attached hydrogens (tertiary/aromatic N) is 1. The lowest BCUT2D eigenvalue weighted by Crippen LogP contribution is -2.37. The van der Waals surface area contributed by atoms with Crippen LogP contribution in [-0.2, 0) is 16.4 Å². The molecule has 0 aliphatic heterocycles. The zero-order valence-electron chi connectivity index (χ0n) is 11.0. The van der Waals surface area contributed by atoms with Gasteiger partial charge >= 0.3 is 0 Å². The second-order valence-electron chi connectivity index (χ2n) is 4.37. The first kappa shape index (κ1) is 16.0. The first-order valence-corrected chi connectivity index (χ1v) is 8.89. The van der Waals surface area contributed by atoms with Crippen molar-refractivity contribution in [3.05, 3.63) is 17.0 Å². The fourth-order valence-electron chi connectivity index (χ4n) is 1.72. The first-order chi connectivity index (χ1) is 8.43. The maximum absolute atomic E-state index is 12.5. The van der Waals surface area contributed by atoms with Crippen LogP contribution in [0.15, 0.2) is 16.3 Å². The quantitative estimate of drug-likeness (QED) is 0.724. The van der Waals surface area contributed by atoms with Crippen molar-refractivity contribution in [3.8, 4) is 0 Å². The predicted octanol–water partition coefficient (Wildman–Crippen LogP) is 3.34. The van der Waals surface area contributed by atoms with Gasteiger partial charge in [0, 0.05) is 23.3 Å². The van der Waals surface area contributed by atoms with Crippen LogP contribution in [0.25, 0.3) is 0 Å². The van der Waals surface area contributed by atoms with E-state index in [4.69, 9.17) is 11.6 Å². The van der Waals surface area contributed by atoms with Crippen LogP contribution >= 0.6 is 22.9 Å². The Bertz CT molecular complexity index is 468. The summed E-state index contributed by atoms with van der Waals surface area (Å²) in [5, 5.41) is 0. The normalized spacial score (nSPS) is 12.6. The molecule has 1 aromatic heterocycles. The molecule has 0 unspecified atom stereocenters. The van der Waals surface area contributed by atoms with Crippen molar-refractivity contribution in [3.63, 3.8) is 0 Å². The van der Waals surface area contributed by atoms with Crippen LogP contribution in [0.2, 0.25) is 0 Å². The van der Waals surface area contributed by atoms with Gasteiger partial charge in [-0.05, 0) is 38.8 Å². The van der Waals surface area contributed by atoms with Crippen molar-refractivity contribution in [2.24, 2.45) is 0 Å². The minimum absolute atomic E-state index is 0.0199. The van der Waals surface area contributed by atoms with E-state index in [1.165, 1.54) is 11.3 Å². The largest absolute Gasteiger partial charge is 0.252 e.